The lowest BCUT2D eigenvalue weighted by atomic mass is 10.1. The zero-order valence-electron chi connectivity index (χ0n) is 20.7. The van der Waals surface area contributed by atoms with Crippen LogP contribution in [0.1, 0.15) is 11.1 Å². The number of hydrogen-bond acceptors (Lipinski definition) is 5. The van der Waals surface area contributed by atoms with E-state index in [2.05, 4.69) is 5.32 Å². The summed E-state index contributed by atoms with van der Waals surface area (Å²) in [7, 11) is -3.64. The van der Waals surface area contributed by atoms with Crippen LogP contribution in [0, 0.1) is 0 Å². The second kappa shape index (κ2) is 12.0. The fourth-order valence-corrected chi connectivity index (χ4v) is 4.96. The van der Waals surface area contributed by atoms with E-state index in [1.54, 1.807) is 24.3 Å². The first-order valence-electron chi connectivity index (χ1n) is 12.2. The van der Waals surface area contributed by atoms with Gasteiger partial charge in [0.15, 0.2) is 6.10 Å². The molecule has 0 saturated carbocycles. The van der Waals surface area contributed by atoms with Crippen LogP contribution in [-0.4, -0.2) is 63.1 Å². The lowest BCUT2D eigenvalue weighted by molar-refractivity contribution is -0.128. The maximum absolute atomic E-state index is 13.4. The van der Waals surface area contributed by atoms with Gasteiger partial charge in [-0.05, 0) is 36.1 Å². The standard InChI is InChI=1S/C28H31N3O5S/c1-37(34,35)30(19-17-23-12-6-3-7-13-23)21-27(32)31-20-26(36-25-15-9-8-14-24(25)31)28(33)29-18-16-22-10-4-2-5-11-22/h2-15,26H,16-21H2,1H3,(H,29,33)/t26-/m1/s1. The number of hydrogen-bond donors (Lipinski definition) is 1. The van der Waals surface area contributed by atoms with Gasteiger partial charge in [0, 0.05) is 13.1 Å². The third kappa shape index (κ3) is 7.18. The van der Waals surface area contributed by atoms with Crippen molar-refractivity contribution in [3.8, 4) is 5.75 Å². The number of ether oxygens (including phenoxy) is 1. The molecule has 1 atom stereocenters. The minimum atomic E-state index is -3.64. The highest BCUT2D eigenvalue weighted by Gasteiger charge is 2.35. The van der Waals surface area contributed by atoms with E-state index in [9.17, 15) is 18.0 Å². The molecule has 9 heteroatoms. The number of carbonyl (C=O) groups is 2. The minimum absolute atomic E-state index is 0.0106. The molecule has 0 fully saturated rings. The Morgan fingerprint density at radius 3 is 2.16 bits per heavy atom. The molecular weight excluding hydrogens is 490 g/mol. The van der Waals surface area contributed by atoms with E-state index in [0.29, 0.717) is 30.8 Å². The van der Waals surface area contributed by atoms with Crippen molar-refractivity contribution in [3.05, 3.63) is 96.1 Å². The van der Waals surface area contributed by atoms with Crippen molar-refractivity contribution in [1.29, 1.82) is 0 Å². The molecule has 0 unspecified atom stereocenters. The van der Waals surface area contributed by atoms with E-state index < -0.39 is 22.0 Å². The van der Waals surface area contributed by atoms with Gasteiger partial charge in [-0.3, -0.25) is 9.59 Å². The van der Waals surface area contributed by atoms with Gasteiger partial charge in [-0.1, -0.05) is 72.8 Å². The summed E-state index contributed by atoms with van der Waals surface area (Å²) in [6, 6.07) is 26.3. The van der Waals surface area contributed by atoms with E-state index >= 15 is 0 Å². The van der Waals surface area contributed by atoms with Crippen molar-refractivity contribution >= 4 is 27.5 Å². The molecule has 0 aliphatic carbocycles. The van der Waals surface area contributed by atoms with E-state index in [-0.39, 0.29) is 25.5 Å². The van der Waals surface area contributed by atoms with Crippen molar-refractivity contribution in [2.24, 2.45) is 0 Å². The Labute approximate surface area is 217 Å². The van der Waals surface area contributed by atoms with Gasteiger partial charge in [0.1, 0.15) is 5.75 Å². The van der Waals surface area contributed by atoms with Crippen LogP contribution in [-0.2, 0) is 32.5 Å². The summed E-state index contributed by atoms with van der Waals surface area (Å²) in [5, 5.41) is 2.89. The highest BCUT2D eigenvalue weighted by atomic mass is 32.2. The highest BCUT2D eigenvalue weighted by molar-refractivity contribution is 7.88. The number of rotatable bonds is 10. The van der Waals surface area contributed by atoms with Crippen LogP contribution in [0.3, 0.4) is 0 Å². The first-order chi connectivity index (χ1) is 17.8. The summed E-state index contributed by atoms with van der Waals surface area (Å²) in [6.07, 6.45) is 1.34. The Morgan fingerprint density at radius 1 is 0.919 bits per heavy atom. The summed E-state index contributed by atoms with van der Waals surface area (Å²) in [4.78, 5) is 27.8. The SMILES string of the molecule is CS(=O)(=O)N(CCc1ccccc1)CC(=O)N1C[C@H](C(=O)NCCc2ccccc2)Oc2ccccc21. The van der Waals surface area contributed by atoms with E-state index in [1.807, 2.05) is 60.7 Å². The largest absolute Gasteiger partial charge is 0.477 e. The normalized spacial score (nSPS) is 15.1. The molecule has 2 amide bonds. The van der Waals surface area contributed by atoms with Gasteiger partial charge in [-0.15, -0.1) is 0 Å². The lowest BCUT2D eigenvalue weighted by Crippen LogP contribution is -2.53. The number of nitrogens with zero attached hydrogens (tertiary/aromatic N) is 2. The molecule has 0 bridgehead atoms. The zero-order chi connectivity index (χ0) is 26.3. The van der Waals surface area contributed by atoms with Crippen molar-refractivity contribution in [2.75, 3.05) is 37.3 Å². The zero-order valence-corrected chi connectivity index (χ0v) is 21.6. The fourth-order valence-electron chi connectivity index (χ4n) is 4.19. The maximum Gasteiger partial charge on any atom is 0.262 e. The molecule has 0 radical (unpaired) electrons. The molecule has 3 aromatic carbocycles. The number of amides is 2. The molecule has 194 valence electrons. The van der Waals surface area contributed by atoms with Crippen LogP contribution in [0.15, 0.2) is 84.9 Å². The molecule has 4 rings (SSSR count). The number of benzene rings is 3. The Balaban J connectivity index is 1.44. The molecule has 1 heterocycles. The van der Waals surface area contributed by atoms with Crippen LogP contribution in [0.25, 0.3) is 0 Å². The van der Waals surface area contributed by atoms with Crippen molar-refractivity contribution in [1.82, 2.24) is 9.62 Å². The Kier molecular flexibility index (Phi) is 8.58. The monoisotopic (exact) mass is 521 g/mol. The van der Waals surface area contributed by atoms with Gasteiger partial charge in [-0.25, -0.2) is 8.42 Å². The van der Waals surface area contributed by atoms with Crippen molar-refractivity contribution in [3.63, 3.8) is 0 Å². The predicted molar refractivity (Wildman–Crippen MR) is 143 cm³/mol. The molecule has 0 saturated heterocycles. The molecule has 37 heavy (non-hydrogen) atoms. The topological polar surface area (TPSA) is 96.0 Å². The first kappa shape index (κ1) is 26.4. The number of sulfonamides is 1. The molecule has 0 aromatic heterocycles. The summed E-state index contributed by atoms with van der Waals surface area (Å²) < 4.78 is 32.1. The average molecular weight is 522 g/mol. The Morgan fingerprint density at radius 2 is 1.51 bits per heavy atom. The summed E-state index contributed by atoms with van der Waals surface area (Å²) in [5.74, 6) is -0.343. The summed E-state index contributed by atoms with van der Waals surface area (Å²) in [6.45, 7) is 0.259. The van der Waals surface area contributed by atoms with Gasteiger partial charge in [0.05, 0.1) is 25.0 Å². The maximum atomic E-state index is 13.4. The van der Waals surface area contributed by atoms with Crippen molar-refractivity contribution in [2.45, 2.75) is 18.9 Å². The second-order valence-corrected chi connectivity index (χ2v) is 10.9. The van der Waals surface area contributed by atoms with Crippen molar-refractivity contribution < 1.29 is 22.7 Å². The third-order valence-electron chi connectivity index (χ3n) is 6.20. The second-order valence-electron chi connectivity index (χ2n) is 8.94. The smallest absolute Gasteiger partial charge is 0.262 e. The highest BCUT2D eigenvalue weighted by Crippen LogP contribution is 2.33. The molecule has 1 aliphatic heterocycles. The van der Waals surface area contributed by atoms with Crippen LogP contribution >= 0.6 is 0 Å². The molecule has 8 nitrogen and oxygen atoms in total. The van der Waals surface area contributed by atoms with Crippen LogP contribution in [0.4, 0.5) is 5.69 Å². The van der Waals surface area contributed by atoms with Gasteiger partial charge in [0.25, 0.3) is 5.91 Å². The molecular formula is C28H31N3O5S. The molecule has 0 spiro atoms. The van der Waals surface area contributed by atoms with Crippen LogP contribution < -0.4 is 15.0 Å². The lowest BCUT2D eigenvalue weighted by Gasteiger charge is -2.35. The molecule has 3 aromatic rings. The predicted octanol–water partition coefficient (Wildman–Crippen LogP) is 2.64. The number of nitrogens with one attached hydrogen (secondary N) is 1. The van der Waals surface area contributed by atoms with Gasteiger partial charge in [-0.2, -0.15) is 4.31 Å². The molecule has 1 N–H and O–H groups in total. The van der Waals surface area contributed by atoms with E-state index in [4.69, 9.17) is 4.74 Å². The van der Waals surface area contributed by atoms with Gasteiger partial charge >= 0.3 is 0 Å². The average Bonchev–Trinajstić information content (AvgIpc) is 2.90. The number of fused-ring (bicyclic) bond motifs is 1. The fraction of sp³-hybridized carbons (Fsp3) is 0.286. The number of para-hydroxylation sites is 2. The number of anilines is 1. The van der Waals surface area contributed by atoms with Gasteiger partial charge < -0.3 is 15.0 Å². The van der Waals surface area contributed by atoms with Crippen LogP contribution in [0.5, 0.6) is 5.75 Å². The van der Waals surface area contributed by atoms with Crippen LogP contribution in [0.2, 0.25) is 0 Å². The summed E-state index contributed by atoms with van der Waals surface area (Å²) in [5.41, 5.74) is 2.59. The molecule has 1 aliphatic rings. The third-order valence-corrected chi connectivity index (χ3v) is 7.45. The van der Waals surface area contributed by atoms with E-state index in [1.165, 1.54) is 9.21 Å². The Hall–Kier alpha value is -3.69. The van der Waals surface area contributed by atoms with Gasteiger partial charge in [0.2, 0.25) is 15.9 Å². The number of carbonyl (C=O) groups excluding carboxylic acids is 2. The quantitative estimate of drug-likeness (QED) is 0.443. The Bertz CT molecular complexity index is 1320. The van der Waals surface area contributed by atoms with E-state index in [0.717, 1.165) is 17.4 Å². The minimum Gasteiger partial charge on any atom is -0.477 e. The first-order valence-corrected chi connectivity index (χ1v) is 14.0. The summed E-state index contributed by atoms with van der Waals surface area (Å²) >= 11 is 0.